The first-order valence-corrected chi connectivity index (χ1v) is 12.4. The summed E-state index contributed by atoms with van der Waals surface area (Å²) in [5.41, 5.74) is 1.42. The van der Waals surface area contributed by atoms with Gasteiger partial charge >= 0.3 is 0 Å². The number of hydrogen-bond donors (Lipinski definition) is 1. The Morgan fingerprint density at radius 2 is 2.04 bits per heavy atom. The lowest BCUT2D eigenvalue weighted by Crippen LogP contribution is -2.14. The van der Waals surface area contributed by atoms with E-state index in [1.807, 2.05) is 18.3 Å². The highest BCUT2D eigenvalue weighted by molar-refractivity contribution is 8.00. The molecule has 28 heavy (non-hydrogen) atoms. The molecule has 0 aliphatic heterocycles. The number of nitrogens with one attached hydrogen (secondary N) is 1. The molecule has 1 fully saturated rings. The van der Waals surface area contributed by atoms with Crippen molar-refractivity contribution in [2.75, 3.05) is 11.1 Å². The molecule has 2 aliphatic rings. The molecule has 1 amide bonds. The van der Waals surface area contributed by atoms with Crippen LogP contribution in [0.3, 0.4) is 0 Å². The van der Waals surface area contributed by atoms with Crippen LogP contribution in [0.4, 0.5) is 5.13 Å². The first-order valence-electron chi connectivity index (χ1n) is 9.78. The lowest BCUT2D eigenvalue weighted by atomic mass is 9.97. The lowest BCUT2D eigenvalue weighted by molar-refractivity contribution is -0.113. The van der Waals surface area contributed by atoms with E-state index in [-0.39, 0.29) is 5.91 Å². The highest BCUT2D eigenvalue weighted by atomic mass is 32.2. The van der Waals surface area contributed by atoms with Crippen molar-refractivity contribution in [2.24, 2.45) is 0 Å². The molecule has 0 atom stereocenters. The van der Waals surface area contributed by atoms with Gasteiger partial charge in [0.1, 0.15) is 20.7 Å². The first kappa shape index (κ1) is 18.4. The van der Waals surface area contributed by atoms with E-state index in [9.17, 15) is 4.79 Å². The van der Waals surface area contributed by atoms with Crippen LogP contribution in [0.5, 0.6) is 0 Å². The van der Waals surface area contributed by atoms with Gasteiger partial charge in [-0.3, -0.25) is 10.1 Å². The zero-order valence-electron chi connectivity index (χ0n) is 15.7. The van der Waals surface area contributed by atoms with Crippen molar-refractivity contribution in [3.05, 3.63) is 21.3 Å². The first-order chi connectivity index (χ1) is 13.7. The molecule has 146 valence electrons. The number of nitrogens with zero attached hydrogens (tertiary/aromatic N) is 4. The minimum absolute atomic E-state index is 0.0624. The van der Waals surface area contributed by atoms with Crippen LogP contribution in [0.25, 0.3) is 10.2 Å². The molecule has 0 unspecified atom stereocenters. The third-order valence-corrected chi connectivity index (χ3v) is 8.24. The number of thioether (sulfide) groups is 1. The summed E-state index contributed by atoms with van der Waals surface area (Å²) in [4.78, 5) is 24.8. The molecule has 3 aromatic rings. The number of anilines is 1. The zero-order valence-corrected chi connectivity index (χ0v) is 18.1. The minimum atomic E-state index is -0.0624. The average Bonchev–Trinajstić information content (AvgIpc) is 3.35. The lowest BCUT2D eigenvalue weighted by Gasteiger charge is -2.12. The summed E-state index contributed by atoms with van der Waals surface area (Å²) in [6.45, 7) is 2.03. The van der Waals surface area contributed by atoms with Crippen LogP contribution in [-0.2, 0) is 24.1 Å². The maximum Gasteiger partial charge on any atom is 0.236 e. The molecule has 3 aromatic heterocycles. The van der Waals surface area contributed by atoms with Gasteiger partial charge in [-0.2, -0.15) is 0 Å². The highest BCUT2D eigenvalue weighted by Crippen LogP contribution is 2.44. The Morgan fingerprint density at radius 1 is 1.18 bits per heavy atom. The molecule has 3 heterocycles. The van der Waals surface area contributed by atoms with Crippen molar-refractivity contribution < 1.29 is 4.79 Å². The second-order valence-electron chi connectivity index (χ2n) is 7.24. The van der Waals surface area contributed by atoms with Gasteiger partial charge in [-0.15, -0.1) is 21.5 Å². The summed E-state index contributed by atoms with van der Waals surface area (Å²) in [5, 5.41) is 14.6. The fraction of sp³-hybridized carbons (Fsp3) is 0.526. The maximum absolute atomic E-state index is 12.4. The topological polar surface area (TPSA) is 80.7 Å². The Balaban J connectivity index is 1.39. The summed E-state index contributed by atoms with van der Waals surface area (Å²) >= 11 is 4.79. The number of thiophene rings is 1. The molecule has 6 nitrogen and oxygen atoms in total. The molecular formula is C19H21N5OS3. The van der Waals surface area contributed by atoms with Crippen LogP contribution >= 0.6 is 34.4 Å². The van der Waals surface area contributed by atoms with Crippen LogP contribution in [0.1, 0.15) is 59.8 Å². The molecule has 0 bridgehead atoms. The van der Waals surface area contributed by atoms with Gasteiger partial charge < -0.3 is 0 Å². The Morgan fingerprint density at radius 3 is 2.82 bits per heavy atom. The van der Waals surface area contributed by atoms with Gasteiger partial charge in [0, 0.05) is 16.2 Å². The third kappa shape index (κ3) is 3.67. The van der Waals surface area contributed by atoms with Crippen molar-refractivity contribution in [2.45, 2.75) is 62.8 Å². The SMILES string of the molecule is CCc1nnc(NC(=O)CSc2nc(C3CC3)nc3sc4c(c23)CCCC4)s1. The van der Waals surface area contributed by atoms with Crippen LogP contribution in [0.2, 0.25) is 0 Å². The Bertz CT molecular complexity index is 1040. The fourth-order valence-electron chi connectivity index (χ4n) is 3.50. The Labute approximate surface area is 175 Å². The number of amides is 1. The van der Waals surface area contributed by atoms with Gasteiger partial charge in [0.25, 0.3) is 0 Å². The van der Waals surface area contributed by atoms with Crippen molar-refractivity contribution >= 4 is 55.7 Å². The molecule has 1 saturated carbocycles. The number of hydrogen-bond acceptors (Lipinski definition) is 8. The molecule has 0 saturated heterocycles. The standard InChI is InChI=1S/C19H21N5OS3/c1-2-14-23-24-19(28-14)20-13(25)9-26-17-15-11-5-3-4-6-12(11)27-18(15)22-16(21-17)10-7-8-10/h10H,2-9H2,1H3,(H,20,24,25). The van der Waals surface area contributed by atoms with Gasteiger partial charge in [-0.05, 0) is 50.5 Å². The summed E-state index contributed by atoms with van der Waals surface area (Å²) in [6.07, 6.45) is 7.92. The summed E-state index contributed by atoms with van der Waals surface area (Å²) in [7, 11) is 0. The predicted molar refractivity (Wildman–Crippen MR) is 115 cm³/mol. The summed E-state index contributed by atoms with van der Waals surface area (Å²) < 4.78 is 0. The largest absolute Gasteiger partial charge is 0.300 e. The molecule has 0 radical (unpaired) electrons. The molecule has 2 aliphatic carbocycles. The van der Waals surface area contributed by atoms with Crippen LogP contribution in [0.15, 0.2) is 5.03 Å². The van der Waals surface area contributed by atoms with Crippen molar-refractivity contribution in [3.63, 3.8) is 0 Å². The van der Waals surface area contributed by atoms with E-state index in [2.05, 4.69) is 15.5 Å². The average molecular weight is 432 g/mol. The number of carbonyl (C=O) groups excluding carboxylic acids is 1. The summed E-state index contributed by atoms with van der Waals surface area (Å²) in [5.74, 6) is 1.73. The molecule has 9 heteroatoms. The van der Waals surface area contributed by atoms with Crippen molar-refractivity contribution in [1.29, 1.82) is 0 Å². The second-order valence-corrected chi connectivity index (χ2v) is 10.4. The highest BCUT2D eigenvalue weighted by Gasteiger charge is 2.29. The molecule has 0 aromatic carbocycles. The van der Waals surface area contributed by atoms with E-state index in [1.54, 1.807) is 0 Å². The van der Waals surface area contributed by atoms with E-state index < -0.39 is 0 Å². The van der Waals surface area contributed by atoms with Crippen LogP contribution in [0, 0.1) is 0 Å². The van der Waals surface area contributed by atoms with Gasteiger partial charge in [0.05, 0.1) is 5.75 Å². The monoisotopic (exact) mass is 431 g/mol. The number of aromatic nitrogens is 4. The maximum atomic E-state index is 12.4. The normalized spacial score (nSPS) is 16.3. The summed E-state index contributed by atoms with van der Waals surface area (Å²) in [6, 6.07) is 0. The van der Waals surface area contributed by atoms with Gasteiger partial charge in [-0.25, -0.2) is 9.97 Å². The van der Waals surface area contributed by atoms with E-state index in [0.717, 1.165) is 40.0 Å². The minimum Gasteiger partial charge on any atom is -0.300 e. The van der Waals surface area contributed by atoms with Crippen LogP contribution < -0.4 is 5.32 Å². The molecule has 5 rings (SSSR count). The van der Waals surface area contributed by atoms with Crippen molar-refractivity contribution in [3.8, 4) is 0 Å². The Kier molecular flexibility index (Phi) is 5.06. The number of rotatable bonds is 6. The second kappa shape index (κ2) is 7.68. The number of aryl methyl sites for hydroxylation is 3. The van der Waals surface area contributed by atoms with Gasteiger partial charge in [0.2, 0.25) is 11.0 Å². The van der Waals surface area contributed by atoms with Crippen LogP contribution in [-0.4, -0.2) is 31.8 Å². The van der Waals surface area contributed by atoms with Crippen molar-refractivity contribution in [1.82, 2.24) is 20.2 Å². The molecular weight excluding hydrogens is 410 g/mol. The van der Waals surface area contributed by atoms with Gasteiger partial charge in [-0.1, -0.05) is 30.0 Å². The third-order valence-electron chi connectivity index (χ3n) is 5.10. The van der Waals surface area contributed by atoms with Gasteiger partial charge in [0.15, 0.2) is 0 Å². The van der Waals surface area contributed by atoms with E-state index in [4.69, 9.17) is 9.97 Å². The zero-order chi connectivity index (χ0) is 19.1. The van der Waals surface area contributed by atoms with E-state index >= 15 is 0 Å². The van der Waals surface area contributed by atoms with E-state index in [0.29, 0.717) is 16.8 Å². The number of fused-ring (bicyclic) bond motifs is 3. The quantitative estimate of drug-likeness (QED) is 0.454. The molecule has 1 N–H and O–H groups in total. The Hall–Kier alpha value is -1.58. The fourth-order valence-corrected chi connectivity index (χ4v) is 6.40. The smallest absolute Gasteiger partial charge is 0.236 e. The molecule has 0 spiro atoms. The number of carbonyl (C=O) groups is 1. The predicted octanol–water partition coefficient (Wildman–Crippen LogP) is 4.59. The van der Waals surface area contributed by atoms with E-state index in [1.165, 1.54) is 64.6 Å².